The fourth-order valence-corrected chi connectivity index (χ4v) is 3.85. The quantitative estimate of drug-likeness (QED) is 0.486. The molecule has 1 atom stereocenters. The molecule has 0 saturated carbocycles. The maximum Gasteiger partial charge on any atom is 0.339 e. The molecule has 7 heteroatoms. The summed E-state index contributed by atoms with van der Waals surface area (Å²) in [5.74, 6) is -0.452. The zero-order valence-corrected chi connectivity index (χ0v) is 18.3. The zero-order chi connectivity index (χ0) is 20.8. The lowest BCUT2D eigenvalue weighted by molar-refractivity contribution is 0.0526. The fourth-order valence-electron chi connectivity index (χ4n) is 3.36. The number of benzene rings is 2. The van der Waals surface area contributed by atoms with Crippen molar-refractivity contribution in [3.05, 3.63) is 58.6 Å². The number of esters is 1. The molecule has 2 aromatic carbocycles. The van der Waals surface area contributed by atoms with E-state index in [-0.39, 0.29) is 6.04 Å². The van der Waals surface area contributed by atoms with Crippen LogP contribution in [0.2, 0.25) is 5.02 Å². The van der Waals surface area contributed by atoms with Crippen molar-refractivity contribution in [3.8, 4) is 0 Å². The second-order valence-electron chi connectivity index (χ2n) is 7.02. The number of hydrogen-bond donors (Lipinski definition) is 2. The van der Waals surface area contributed by atoms with E-state index < -0.39 is 5.97 Å². The maximum absolute atomic E-state index is 12.0. The minimum Gasteiger partial charge on any atom is -0.462 e. The third kappa shape index (κ3) is 5.61. The van der Waals surface area contributed by atoms with E-state index in [9.17, 15) is 4.79 Å². The van der Waals surface area contributed by atoms with Crippen molar-refractivity contribution in [3.63, 3.8) is 0 Å². The molecule has 154 valence electrons. The highest BCUT2D eigenvalue weighted by Gasteiger charge is 2.15. The summed E-state index contributed by atoms with van der Waals surface area (Å²) in [5, 5.41) is 7.21. The van der Waals surface area contributed by atoms with Gasteiger partial charge in [-0.3, -0.25) is 0 Å². The number of anilines is 2. The first-order valence-electron chi connectivity index (χ1n) is 9.87. The minimum absolute atomic E-state index is 0.0412. The van der Waals surface area contributed by atoms with E-state index in [0.29, 0.717) is 28.0 Å². The summed E-state index contributed by atoms with van der Waals surface area (Å²) in [6.07, 6.45) is 2.53. The first-order chi connectivity index (χ1) is 14.0. The standard InChI is InChI=1S/C22H26ClN3O2S/c1-3-28-21(27)19-14-17(8-11-20(19)23)25-22(29)24-15(2)16-6-9-18(10-7-16)26-12-4-5-13-26/h6-11,14-15H,3-5,12-13H2,1-2H3,(H2,24,25,29). The molecule has 5 nitrogen and oxygen atoms in total. The lowest BCUT2D eigenvalue weighted by atomic mass is 10.1. The Bertz CT molecular complexity index is 867. The molecule has 0 aromatic heterocycles. The van der Waals surface area contributed by atoms with Gasteiger partial charge < -0.3 is 20.3 Å². The summed E-state index contributed by atoms with van der Waals surface area (Å²) in [5.41, 5.74) is 3.41. The van der Waals surface area contributed by atoms with Crippen molar-refractivity contribution in [1.29, 1.82) is 0 Å². The van der Waals surface area contributed by atoms with Gasteiger partial charge in [0.1, 0.15) is 0 Å². The van der Waals surface area contributed by atoms with Crippen molar-refractivity contribution >= 4 is 46.3 Å². The van der Waals surface area contributed by atoms with Crippen LogP contribution in [0.15, 0.2) is 42.5 Å². The molecule has 1 unspecified atom stereocenters. The van der Waals surface area contributed by atoms with E-state index in [1.165, 1.54) is 18.5 Å². The minimum atomic E-state index is -0.452. The summed E-state index contributed by atoms with van der Waals surface area (Å²) in [6, 6.07) is 13.7. The summed E-state index contributed by atoms with van der Waals surface area (Å²) >= 11 is 11.5. The molecular formula is C22H26ClN3O2S. The number of hydrogen-bond acceptors (Lipinski definition) is 4. The molecule has 0 amide bonds. The van der Waals surface area contributed by atoms with Crippen LogP contribution in [0, 0.1) is 0 Å². The van der Waals surface area contributed by atoms with Gasteiger partial charge in [-0.1, -0.05) is 23.7 Å². The SMILES string of the molecule is CCOC(=O)c1cc(NC(=S)NC(C)c2ccc(N3CCCC3)cc2)ccc1Cl. The lowest BCUT2D eigenvalue weighted by Gasteiger charge is -2.20. The molecule has 1 fully saturated rings. The number of ether oxygens (including phenoxy) is 1. The van der Waals surface area contributed by atoms with Crippen LogP contribution < -0.4 is 15.5 Å². The molecule has 0 bridgehead atoms. The monoisotopic (exact) mass is 431 g/mol. The van der Waals surface area contributed by atoms with Gasteiger partial charge in [-0.05, 0) is 74.8 Å². The Balaban J connectivity index is 1.60. The van der Waals surface area contributed by atoms with Crippen LogP contribution in [0.5, 0.6) is 0 Å². The normalized spacial score (nSPS) is 14.4. The van der Waals surface area contributed by atoms with Gasteiger partial charge >= 0.3 is 5.97 Å². The van der Waals surface area contributed by atoms with E-state index in [0.717, 1.165) is 18.7 Å². The molecule has 1 heterocycles. The number of carbonyl (C=O) groups is 1. The molecular weight excluding hydrogens is 406 g/mol. The van der Waals surface area contributed by atoms with Crippen molar-refractivity contribution in [2.45, 2.75) is 32.7 Å². The number of nitrogens with one attached hydrogen (secondary N) is 2. The summed E-state index contributed by atoms with van der Waals surface area (Å²) in [7, 11) is 0. The summed E-state index contributed by atoms with van der Waals surface area (Å²) < 4.78 is 5.03. The molecule has 1 saturated heterocycles. The second-order valence-corrected chi connectivity index (χ2v) is 7.84. The van der Waals surface area contributed by atoms with Gasteiger partial charge in [0.25, 0.3) is 0 Å². The van der Waals surface area contributed by atoms with Gasteiger partial charge in [-0.15, -0.1) is 0 Å². The van der Waals surface area contributed by atoms with Gasteiger partial charge in [0.15, 0.2) is 5.11 Å². The predicted molar refractivity (Wildman–Crippen MR) is 123 cm³/mol. The molecule has 3 rings (SSSR count). The van der Waals surface area contributed by atoms with E-state index >= 15 is 0 Å². The molecule has 0 spiro atoms. The van der Waals surface area contributed by atoms with Crippen molar-refractivity contribution in [2.24, 2.45) is 0 Å². The van der Waals surface area contributed by atoms with Crippen LogP contribution in [0.1, 0.15) is 48.7 Å². The van der Waals surface area contributed by atoms with Crippen LogP contribution in [0.3, 0.4) is 0 Å². The average molecular weight is 432 g/mol. The van der Waals surface area contributed by atoms with Crippen molar-refractivity contribution in [2.75, 3.05) is 29.9 Å². The molecule has 0 aliphatic carbocycles. The van der Waals surface area contributed by atoms with E-state index in [1.54, 1.807) is 25.1 Å². The number of carbonyl (C=O) groups excluding carboxylic acids is 1. The first kappa shape index (κ1) is 21.4. The molecule has 1 aliphatic heterocycles. The molecule has 2 N–H and O–H groups in total. The second kappa shape index (κ2) is 9.94. The number of rotatable bonds is 6. The van der Waals surface area contributed by atoms with Gasteiger partial charge in [0.05, 0.1) is 23.2 Å². The van der Waals surface area contributed by atoms with Gasteiger partial charge in [-0.25, -0.2) is 4.79 Å². The summed E-state index contributed by atoms with van der Waals surface area (Å²) in [6.45, 7) is 6.38. The highest BCUT2D eigenvalue weighted by Crippen LogP contribution is 2.24. The molecule has 2 aromatic rings. The van der Waals surface area contributed by atoms with Gasteiger partial charge in [0.2, 0.25) is 0 Å². The molecule has 1 aliphatic rings. The van der Waals surface area contributed by atoms with Gasteiger partial charge in [-0.2, -0.15) is 0 Å². The Morgan fingerprint density at radius 3 is 2.55 bits per heavy atom. The van der Waals surface area contributed by atoms with Crippen molar-refractivity contribution in [1.82, 2.24) is 5.32 Å². The first-order valence-corrected chi connectivity index (χ1v) is 10.7. The van der Waals surface area contributed by atoms with E-state index in [1.807, 2.05) is 0 Å². The zero-order valence-electron chi connectivity index (χ0n) is 16.7. The Morgan fingerprint density at radius 1 is 1.21 bits per heavy atom. The maximum atomic E-state index is 12.0. The van der Waals surface area contributed by atoms with E-state index in [2.05, 4.69) is 46.7 Å². The largest absolute Gasteiger partial charge is 0.462 e. The Labute approximate surface area is 182 Å². The summed E-state index contributed by atoms with van der Waals surface area (Å²) in [4.78, 5) is 14.4. The Kier molecular flexibility index (Phi) is 7.34. The number of nitrogens with zero attached hydrogens (tertiary/aromatic N) is 1. The van der Waals surface area contributed by atoms with Crippen LogP contribution >= 0.6 is 23.8 Å². The fraction of sp³-hybridized carbons (Fsp3) is 0.364. The number of thiocarbonyl (C=S) groups is 1. The Morgan fingerprint density at radius 2 is 1.90 bits per heavy atom. The third-order valence-corrected chi connectivity index (χ3v) is 5.48. The van der Waals surface area contributed by atoms with Crippen LogP contribution in [-0.2, 0) is 4.74 Å². The van der Waals surface area contributed by atoms with Crippen LogP contribution in [-0.4, -0.2) is 30.8 Å². The Hall–Kier alpha value is -2.31. The smallest absolute Gasteiger partial charge is 0.339 e. The molecule has 0 radical (unpaired) electrons. The number of halogens is 1. The van der Waals surface area contributed by atoms with Crippen LogP contribution in [0.25, 0.3) is 0 Å². The van der Waals surface area contributed by atoms with Crippen molar-refractivity contribution < 1.29 is 9.53 Å². The average Bonchev–Trinajstić information content (AvgIpc) is 3.24. The van der Waals surface area contributed by atoms with Gasteiger partial charge in [0, 0.05) is 24.5 Å². The predicted octanol–water partition coefficient (Wildman–Crippen LogP) is 5.16. The third-order valence-electron chi connectivity index (χ3n) is 4.93. The highest BCUT2D eigenvalue weighted by atomic mass is 35.5. The topological polar surface area (TPSA) is 53.6 Å². The molecule has 29 heavy (non-hydrogen) atoms. The van der Waals surface area contributed by atoms with E-state index in [4.69, 9.17) is 28.6 Å². The highest BCUT2D eigenvalue weighted by molar-refractivity contribution is 7.80. The van der Waals surface area contributed by atoms with Crippen LogP contribution in [0.4, 0.5) is 11.4 Å². The lowest BCUT2D eigenvalue weighted by Crippen LogP contribution is -2.31.